The van der Waals surface area contributed by atoms with E-state index >= 15 is 0 Å². The van der Waals surface area contributed by atoms with E-state index in [2.05, 4.69) is 15.4 Å². The normalized spacial score (nSPS) is 24.6. The molecular weight excluding hydrogens is 426 g/mol. The lowest BCUT2D eigenvalue weighted by atomic mass is 9.92. The fourth-order valence-electron chi connectivity index (χ4n) is 4.27. The van der Waals surface area contributed by atoms with Gasteiger partial charge in [0.1, 0.15) is 23.3 Å². The van der Waals surface area contributed by atoms with Crippen LogP contribution < -0.4 is 10.1 Å². The summed E-state index contributed by atoms with van der Waals surface area (Å²) in [7, 11) is 3.40. The van der Waals surface area contributed by atoms with Crippen LogP contribution in [0, 0.1) is 0 Å². The summed E-state index contributed by atoms with van der Waals surface area (Å²) in [5, 5.41) is 8.08. The standard InChI is InChI=1S/C23H27N5O5/c1-14(29)26-21-10-19-15(11-24-21)12-25-28(19)22-9-18(33-17-6-16(7-17)30-2)8-20(27-22)23(31-3)4-5-32-13-23/h8-12,16-17H,4-7,13H2,1-3H3,(H,24,26,29). The molecule has 0 aromatic carbocycles. The summed E-state index contributed by atoms with van der Waals surface area (Å²) in [5.41, 5.74) is 0.855. The highest BCUT2D eigenvalue weighted by Gasteiger charge is 2.39. The van der Waals surface area contributed by atoms with Crippen LogP contribution in [-0.4, -0.2) is 65.3 Å². The highest BCUT2D eigenvalue weighted by Crippen LogP contribution is 2.37. The second-order valence-electron chi connectivity index (χ2n) is 8.48. The molecular formula is C23H27N5O5. The third-order valence-corrected chi connectivity index (χ3v) is 6.29. The molecule has 0 radical (unpaired) electrons. The van der Waals surface area contributed by atoms with Gasteiger partial charge in [-0.05, 0) is 0 Å². The molecule has 5 rings (SSSR count). The number of nitrogens with one attached hydrogen (secondary N) is 1. The van der Waals surface area contributed by atoms with Crippen LogP contribution in [0.15, 0.2) is 30.6 Å². The van der Waals surface area contributed by atoms with Crippen LogP contribution in [0.3, 0.4) is 0 Å². The number of amides is 1. The summed E-state index contributed by atoms with van der Waals surface area (Å²) in [6.07, 6.45) is 6.10. The van der Waals surface area contributed by atoms with Crippen molar-refractivity contribution in [3.05, 3.63) is 36.3 Å². The third-order valence-electron chi connectivity index (χ3n) is 6.29. The minimum absolute atomic E-state index is 0.0845. The summed E-state index contributed by atoms with van der Waals surface area (Å²) in [5.74, 6) is 1.53. The first-order valence-electron chi connectivity index (χ1n) is 11.0. The summed E-state index contributed by atoms with van der Waals surface area (Å²) >= 11 is 0. The summed E-state index contributed by atoms with van der Waals surface area (Å²) in [6.45, 7) is 2.47. The van der Waals surface area contributed by atoms with Crippen molar-refractivity contribution in [1.82, 2.24) is 19.7 Å². The van der Waals surface area contributed by atoms with Crippen LogP contribution in [-0.2, 0) is 24.6 Å². The Hall–Kier alpha value is -3.08. The van der Waals surface area contributed by atoms with Crippen molar-refractivity contribution >= 4 is 22.6 Å². The molecule has 0 bridgehead atoms. The zero-order valence-electron chi connectivity index (χ0n) is 18.9. The molecule has 1 aliphatic carbocycles. The van der Waals surface area contributed by atoms with E-state index in [0.29, 0.717) is 37.0 Å². The molecule has 1 unspecified atom stereocenters. The molecule has 2 aliphatic rings. The van der Waals surface area contributed by atoms with Crippen molar-refractivity contribution in [2.75, 3.05) is 32.8 Å². The zero-order chi connectivity index (χ0) is 23.0. The molecule has 1 saturated heterocycles. The maximum absolute atomic E-state index is 11.5. The maximum Gasteiger partial charge on any atom is 0.222 e. The second-order valence-corrected chi connectivity index (χ2v) is 8.48. The topological polar surface area (TPSA) is 110 Å². The average Bonchev–Trinajstić information content (AvgIpc) is 3.43. The van der Waals surface area contributed by atoms with Crippen molar-refractivity contribution in [3.8, 4) is 11.6 Å². The van der Waals surface area contributed by atoms with E-state index in [9.17, 15) is 4.79 Å². The van der Waals surface area contributed by atoms with Crippen LogP contribution >= 0.6 is 0 Å². The first-order chi connectivity index (χ1) is 16.0. The number of aromatic nitrogens is 4. The molecule has 0 spiro atoms. The zero-order valence-corrected chi connectivity index (χ0v) is 18.9. The minimum Gasteiger partial charge on any atom is -0.490 e. The van der Waals surface area contributed by atoms with Gasteiger partial charge in [0.05, 0.1) is 30.1 Å². The molecule has 10 heteroatoms. The second kappa shape index (κ2) is 8.69. The van der Waals surface area contributed by atoms with Crippen LogP contribution in [0.2, 0.25) is 0 Å². The van der Waals surface area contributed by atoms with Gasteiger partial charge >= 0.3 is 0 Å². The van der Waals surface area contributed by atoms with Gasteiger partial charge in [-0.2, -0.15) is 5.10 Å². The Balaban J connectivity index is 1.57. The largest absolute Gasteiger partial charge is 0.490 e. The van der Waals surface area contributed by atoms with Crippen molar-refractivity contribution in [3.63, 3.8) is 0 Å². The fraction of sp³-hybridized carbons (Fsp3) is 0.478. The summed E-state index contributed by atoms with van der Waals surface area (Å²) < 4.78 is 24.9. The van der Waals surface area contributed by atoms with Crippen LogP contribution in [0.1, 0.15) is 31.9 Å². The molecule has 2 fully saturated rings. The monoisotopic (exact) mass is 453 g/mol. The smallest absolute Gasteiger partial charge is 0.222 e. The molecule has 174 valence electrons. The lowest BCUT2D eigenvalue weighted by Gasteiger charge is -2.34. The Labute approximate surface area is 191 Å². The Bertz CT molecular complexity index is 1170. The first-order valence-corrected chi connectivity index (χ1v) is 11.0. The highest BCUT2D eigenvalue weighted by molar-refractivity contribution is 5.90. The van der Waals surface area contributed by atoms with E-state index in [1.807, 2.05) is 12.1 Å². The summed E-state index contributed by atoms with van der Waals surface area (Å²) in [4.78, 5) is 20.7. The first kappa shape index (κ1) is 21.7. The fourth-order valence-corrected chi connectivity index (χ4v) is 4.27. The van der Waals surface area contributed by atoms with Gasteiger partial charge in [-0.3, -0.25) is 4.79 Å². The van der Waals surface area contributed by atoms with E-state index in [4.69, 9.17) is 23.9 Å². The lowest BCUT2D eigenvalue weighted by Crippen LogP contribution is -2.39. The molecule has 33 heavy (non-hydrogen) atoms. The van der Waals surface area contributed by atoms with Gasteiger partial charge in [0.2, 0.25) is 5.91 Å². The van der Waals surface area contributed by atoms with E-state index in [1.165, 1.54) is 6.92 Å². The number of hydrogen-bond acceptors (Lipinski definition) is 8. The van der Waals surface area contributed by atoms with Crippen molar-refractivity contribution in [2.45, 2.75) is 44.0 Å². The number of fused-ring (bicyclic) bond motifs is 1. The van der Waals surface area contributed by atoms with E-state index < -0.39 is 5.60 Å². The van der Waals surface area contributed by atoms with Gasteiger partial charge in [0.15, 0.2) is 5.82 Å². The minimum atomic E-state index is -0.644. The predicted molar refractivity (Wildman–Crippen MR) is 120 cm³/mol. The number of ether oxygens (including phenoxy) is 4. The number of carbonyl (C=O) groups is 1. The average molecular weight is 453 g/mol. The number of carbonyl (C=O) groups excluding carboxylic acids is 1. The van der Waals surface area contributed by atoms with Gasteiger partial charge < -0.3 is 24.3 Å². The van der Waals surface area contributed by atoms with Crippen molar-refractivity contribution < 1.29 is 23.7 Å². The number of methoxy groups -OCH3 is 2. The van der Waals surface area contributed by atoms with E-state index in [-0.39, 0.29) is 18.1 Å². The molecule has 1 atom stereocenters. The Morgan fingerprint density at radius 3 is 2.76 bits per heavy atom. The molecule has 1 N–H and O–H groups in total. The third kappa shape index (κ3) is 4.17. The predicted octanol–water partition coefficient (Wildman–Crippen LogP) is 2.59. The number of pyridine rings is 2. The number of nitrogens with zero attached hydrogens (tertiary/aromatic N) is 4. The Kier molecular flexibility index (Phi) is 5.73. The van der Waals surface area contributed by atoms with Gasteiger partial charge in [0.25, 0.3) is 0 Å². The SMILES string of the molecule is COC1CC(Oc2cc(-n3ncc4cnc(NC(C)=O)cc43)nc(C3(OC)CCOC3)c2)C1. The molecule has 3 aromatic heterocycles. The summed E-state index contributed by atoms with van der Waals surface area (Å²) in [6, 6.07) is 5.57. The van der Waals surface area contributed by atoms with E-state index in [0.717, 1.165) is 29.4 Å². The number of hydrogen-bond donors (Lipinski definition) is 1. The quantitative estimate of drug-likeness (QED) is 0.581. The number of rotatable bonds is 7. The van der Waals surface area contributed by atoms with Gasteiger partial charge in [-0.1, -0.05) is 0 Å². The lowest BCUT2D eigenvalue weighted by molar-refractivity contribution is -0.114. The van der Waals surface area contributed by atoms with Crippen molar-refractivity contribution in [1.29, 1.82) is 0 Å². The van der Waals surface area contributed by atoms with Crippen LogP contribution in [0.4, 0.5) is 5.82 Å². The molecule has 4 heterocycles. The van der Waals surface area contributed by atoms with Gasteiger partial charge in [-0.25, -0.2) is 14.6 Å². The molecule has 1 aliphatic heterocycles. The van der Waals surface area contributed by atoms with E-state index in [1.54, 1.807) is 37.4 Å². The maximum atomic E-state index is 11.5. The molecule has 1 saturated carbocycles. The molecule has 3 aromatic rings. The Morgan fingerprint density at radius 2 is 2.06 bits per heavy atom. The van der Waals surface area contributed by atoms with Crippen molar-refractivity contribution in [2.24, 2.45) is 0 Å². The van der Waals surface area contributed by atoms with Crippen LogP contribution in [0.5, 0.6) is 5.75 Å². The highest BCUT2D eigenvalue weighted by atomic mass is 16.6. The molecule has 10 nitrogen and oxygen atoms in total. The Morgan fingerprint density at radius 1 is 1.21 bits per heavy atom. The van der Waals surface area contributed by atoms with Gasteiger partial charge in [0, 0.05) is 76.8 Å². The number of anilines is 1. The molecule has 1 amide bonds. The van der Waals surface area contributed by atoms with Crippen LogP contribution in [0.25, 0.3) is 16.7 Å². The van der Waals surface area contributed by atoms with Gasteiger partial charge in [-0.15, -0.1) is 0 Å².